The van der Waals surface area contributed by atoms with E-state index in [1.54, 1.807) is 24.3 Å². The maximum atomic E-state index is 12.4. The predicted octanol–water partition coefficient (Wildman–Crippen LogP) is 1.74. The van der Waals surface area contributed by atoms with Gasteiger partial charge in [-0.3, -0.25) is 9.59 Å². The summed E-state index contributed by atoms with van der Waals surface area (Å²) in [6.45, 7) is 4.92. The summed E-state index contributed by atoms with van der Waals surface area (Å²) in [5, 5.41) is 13.7. The smallest absolute Gasteiger partial charge is 0.279 e. The molecule has 29 heavy (non-hydrogen) atoms. The molecule has 3 aromatic rings. The molecule has 1 heterocycles. The van der Waals surface area contributed by atoms with Gasteiger partial charge in [-0.15, -0.1) is 10.2 Å². The van der Waals surface area contributed by atoms with Crippen molar-refractivity contribution in [3.8, 4) is 11.5 Å². The van der Waals surface area contributed by atoms with Crippen LogP contribution in [0, 0.1) is 0 Å². The molecule has 8 heteroatoms. The highest BCUT2D eigenvalue weighted by molar-refractivity contribution is 5.92. The van der Waals surface area contributed by atoms with E-state index in [4.69, 9.17) is 4.42 Å². The van der Waals surface area contributed by atoms with E-state index in [9.17, 15) is 9.59 Å². The maximum absolute atomic E-state index is 12.4. The molecule has 1 atom stereocenters. The number of benzene rings is 2. The molecule has 0 aliphatic carbocycles. The van der Waals surface area contributed by atoms with E-state index in [2.05, 4.69) is 20.8 Å². The lowest BCUT2D eigenvalue weighted by atomic mass is 10.2. The molecular weight excluding hydrogens is 370 g/mol. The van der Waals surface area contributed by atoms with Crippen LogP contribution in [0.4, 0.5) is 11.4 Å². The SMILES string of the molecule is CC[NH+](CC(=O)Nc1ccc(NC(C)=O)cc1)Cc1nnc(-c2ccccc2)o1. The molecule has 3 N–H and O–H groups in total. The number of likely N-dealkylation sites (N-methyl/N-ethyl adjacent to an activating group) is 1. The molecule has 0 bridgehead atoms. The lowest BCUT2D eigenvalue weighted by molar-refractivity contribution is -0.905. The number of nitrogens with zero attached hydrogens (tertiary/aromatic N) is 2. The first kappa shape index (κ1) is 20.2. The molecule has 0 radical (unpaired) electrons. The van der Waals surface area contributed by atoms with Crippen molar-refractivity contribution in [2.75, 3.05) is 23.7 Å². The van der Waals surface area contributed by atoms with E-state index in [0.717, 1.165) is 17.0 Å². The third-order valence-corrected chi connectivity index (χ3v) is 4.29. The largest absolute Gasteiger partial charge is 0.415 e. The number of hydrogen-bond donors (Lipinski definition) is 3. The van der Waals surface area contributed by atoms with Gasteiger partial charge in [0.05, 0.1) is 6.54 Å². The van der Waals surface area contributed by atoms with Crippen molar-refractivity contribution in [3.05, 3.63) is 60.5 Å². The molecular formula is C21H24N5O3+. The van der Waals surface area contributed by atoms with Gasteiger partial charge in [-0.2, -0.15) is 0 Å². The number of anilines is 2. The third kappa shape index (κ3) is 5.98. The van der Waals surface area contributed by atoms with Crippen LogP contribution in [-0.4, -0.2) is 35.1 Å². The second-order valence-electron chi connectivity index (χ2n) is 6.63. The van der Waals surface area contributed by atoms with Gasteiger partial charge in [-0.1, -0.05) is 18.2 Å². The minimum Gasteiger partial charge on any atom is -0.415 e. The van der Waals surface area contributed by atoms with Crippen LogP contribution in [-0.2, 0) is 16.1 Å². The zero-order valence-corrected chi connectivity index (χ0v) is 16.4. The van der Waals surface area contributed by atoms with E-state index in [0.29, 0.717) is 29.7 Å². The molecule has 2 aromatic carbocycles. The van der Waals surface area contributed by atoms with E-state index >= 15 is 0 Å². The molecule has 0 aliphatic heterocycles. The second kappa shape index (κ2) is 9.61. The fourth-order valence-electron chi connectivity index (χ4n) is 2.82. The summed E-state index contributed by atoms with van der Waals surface area (Å²) in [6.07, 6.45) is 0. The predicted molar refractivity (Wildman–Crippen MR) is 109 cm³/mol. The van der Waals surface area contributed by atoms with Crippen molar-refractivity contribution >= 4 is 23.2 Å². The standard InChI is InChI=1S/C21H23N5O3/c1-3-26(14-20-24-25-21(29-20)16-7-5-4-6-8-16)13-19(28)23-18-11-9-17(10-12-18)22-15(2)27/h4-12H,3,13-14H2,1-2H3,(H,22,27)(H,23,28)/p+1. The summed E-state index contributed by atoms with van der Waals surface area (Å²) in [6, 6.07) is 16.5. The molecule has 3 rings (SSSR count). The second-order valence-corrected chi connectivity index (χ2v) is 6.63. The lowest BCUT2D eigenvalue weighted by Crippen LogP contribution is -3.11. The monoisotopic (exact) mass is 394 g/mol. The highest BCUT2D eigenvalue weighted by Gasteiger charge is 2.18. The number of quaternary nitrogens is 1. The van der Waals surface area contributed by atoms with Crippen LogP contribution in [0.1, 0.15) is 19.7 Å². The normalized spacial score (nSPS) is 11.7. The van der Waals surface area contributed by atoms with Gasteiger partial charge in [0.1, 0.15) is 0 Å². The topological polar surface area (TPSA) is 102 Å². The van der Waals surface area contributed by atoms with Crippen LogP contribution in [0.3, 0.4) is 0 Å². The van der Waals surface area contributed by atoms with E-state index < -0.39 is 0 Å². The summed E-state index contributed by atoms with van der Waals surface area (Å²) < 4.78 is 5.74. The first-order valence-electron chi connectivity index (χ1n) is 9.42. The van der Waals surface area contributed by atoms with Crippen LogP contribution < -0.4 is 15.5 Å². The van der Waals surface area contributed by atoms with Crippen LogP contribution in [0.15, 0.2) is 59.0 Å². The van der Waals surface area contributed by atoms with Crippen LogP contribution in [0.5, 0.6) is 0 Å². The highest BCUT2D eigenvalue weighted by atomic mass is 16.4. The van der Waals surface area contributed by atoms with Crippen molar-refractivity contribution in [2.45, 2.75) is 20.4 Å². The van der Waals surface area contributed by atoms with Gasteiger partial charge >= 0.3 is 0 Å². The minimum absolute atomic E-state index is 0.114. The van der Waals surface area contributed by atoms with Crippen molar-refractivity contribution in [1.29, 1.82) is 0 Å². The number of carbonyl (C=O) groups excluding carboxylic acids is 2. The van der Waals surface area contributed by atoms with Gasteiger partial charge in [0.15, 0.2) is 13.1 Å². The molecule has 1 unspecified atom stereocenters. The quantitative estimate of drug-likeness (QED) is 0.540. The fraction of sp³-hybridized carbons (Fsp3) is 0.238. The number of aromatic nitrogens is 2. The maximum Gasteiger partial charge on any atom is 0.279 e. The van der Waals surface area contributed by atoms with Crippen molar-refractivity contribution in [3.63, 3.8) is 0 Å². The summed E-state index contributed by atoms with van der Waals surface area (Å²) in [7, 11) is 0. The van der Waals surface area contributed by atoms with Crippen molar-refractivity contribution in [1.82, 2.24) is 10.2 Å². The first-order chi connectivity index (χ1) is 14.0. The minimum atomic E-state index is -0.138. The summed E-state index contributed by atoms with van der Waals surface area (Å²) in [4.78, 5) is 24.5. The zero-order valence-electron chi connectivity index (χ0n) is 16.4. The van der Waals surface area contributed by atoms with Crippen LogP contribution >= 0.6 is 0 Å². The molecule has 8 nitrogen and oxygen atoms in total. The molecule has 2 amide bonds. The van der Waals surface area contributed by atoms with Gasteiger partial charge < -0.3 is 20.0 Å². The molecule has 150 valence electrons. The average Bonchev–Trinajstić information content (AvgIpc) is 3.18. The van der Waals surface area contributed by atoms with Gasteiger partial charge in [-0.25, -0.2) is 0 Å². The molecule has 0 spiro atoms. The van der Waals surface area contributed by atoms with E-state index in [-0.39, 0.29) is 18.4 Å². The summed E-state index contributed by atoms with van der Waals surface area (Å²) in [5.41, 5.74) is 2.22. The Balaban J connectivity index is 1.55. The van der Waals surface area contributed by atoms with Crippen molar-refractivity contribution in [2.24, 2.45) is 0 Å². The highest BCUT2D eigenvalue weighted by Crippen LogP contribution is 2.16. The summed E-state index contributed by atoms with van der Waals surface area (Å²) >= 11 is 0. The van der Waals surface area contributed by atoms with E-state index in [1.807, 2.05) is 37.3 Å². The number of nitrogens with one attached hydrogen (secondary N) is 3. The number of carbonyl (C=O) groups is 2. The summed E-state index contributed by atoms with van der Waals surface area (Å²) in [5.74, 6) is 0.713. The average molecular weight is 394 g/mol. The van der Waals surface area contributed by atoms with Gasteiger partial charge in [-0.05, 0) is 43.3 Å². The Morgan fingerprint density at radius 1 is 0.966 bits per heavy atom. The van der Waals surface area contributed by atoms with Gasteiger partial charge in [0.25, 0.3) is 11.8 Å². The Kier molecular flexibility index (Phi) is 6.70. The number of hydrogen-bond acceptors (Lipinski definition) is 5. The zero-order chi connectivity index (χ0) is 20.6. The molecule has 1 aromatic heterocycles. The van der Waals surface area contributed by atoms with E-state index in [1.165, 1.54) is 6.92 Å². The molecule has 0 saturated carbocycles. The van der Waals surface area contributed by atoms with Crippen molar-refractivity contribution < 1.29 is 18.9 Å². The van der Waals surface area contributed by atoms with Crippen LogP contribution in [0.25, 0.3) is 11.5 Å². The Morgan fingerprint density at radius 2 is 1.62 bits per heavy atom. The third-order valence-electron chi connectivity index (χ3n) is 4.29. The number of rotatable bonds is 8. The number of amides is 2. The van der Waals surface area contributed by atoms with Gasteiger partial charge in [0, 0.05) is 23.9 Å². The molecule has 0 saturated heterocycles. The molecule has 0 fully saturated rings. The fourth-order valence-corrected chi connectivity index (χ4v) is 2.82. The lowest BCUT2D eigenvalue weighted by Gasteiger charge is -2.15. The molecule has 0 aliphatic rings. The Morgan fingerprint density at radius 3 is 2.24 bits per heavy atom. The van der Waals surface area contributed by atoms with Gasteiger partial charge in [0.2, 0.25) is 11.8 Å². The Hall–Kier alpha value is -3.52. The Labute approximate surface area is 168 Å². The Bertz CT molecular complexity index is 954. The first-order valence-corrected chi connectivity index (χ1v) is 9.42. The van der Waals surface area contributed by atoms with Crippen LogP contribution in [0.2, 0.25) is 0 Å².